The van der Waals surface area contributed by atoms with E-state index in [2.05, 4.69) is 59.5 Å². The van der Waals surface area contributed by atoms with Gasteiger partial charge in [0.15, 0.2) is 0 Å². The van der Waals surface area contributed by atoms with E-state index in [0.29, 0.717) is 30.2 Å². The number of piperidine rings is 1. The average Bonchev–Trinajstić information content (AvgIpc) is 3.20. The fourth-order valence-corrected chi connectivity index (χ4v) is 4.74. The highest BCUT2D eigenvalue weighted by atomic mass is 16.1. The zero-order valence-electron chi connectivity index (χ0n) is 14.5. The number of fused-ring (bicyclic) bond motifs is 2. The second-order valence-corrected chi connectivity index (χ2v) is 7.36. The highest BCUT2D eigenvalue weighted by Crippen LogP contribution is 2.42. The summed E-state index contributed by atoms with van der Waals surface area (Å²) in [6.45, 7) is 2.00. The summed E-state index contributed by atoms with van der Waals surface area (Å²) < 4.78 is 2.14. The Morgan fingerprint density at radius 1 is 1.21 bits per heavy atom. The predicted molar refractivity (Wildman–Crippen MR) is 96.9 cm³/mol. The van der Waals surface area contributed by atoms with E-state index < -0.39 is 0 Å². The summed E-state index contributed by atoms with van der Waals surface area (Å²) in [5, 5.41) is 3.67. The van der Waals surface area contributed by atoms with E-state index >= 15 is 0 Å². The first-order valence-corrected chi connectivity index (χ1v) is 9.17. The molecule has 3 heteroatoms. The molecule has 0 radical (unpaired) electrons. The van der Waals surface area contributed by atoms with Crippen molar-refractivity contribution in [2.75, 3.05) is 0 Å². The van der Waals surface area contributed by atoms with Gasteiger partial charge in [-0.05, 0) is 48.4 Å². The molecule has 126 valence electrons. The van der Waals surface area contributed by atoms with Crippen LogP contribution in [-0.2, 0) is 11.8 Å². The molecule has 2 saturated heterocycles. The third-order valence-electron chi connectivity index (χ3n) is 5.98. The SMILES string of the molecule is CCC(=O)C1C2CCC(CC1c1ccc(-c3cccn3C)cc1)N2. The smallest absolute Gasteiger partial charge is 0.137 e. The van der Waals surface area contributed by atoms with Gasteiger partial charge in [-0.15, -0.1) is 0 Å². The molecule has 4 unspecified atom stereocenters. The summed E-state index contributed by atoms with van der Waals surface area (Å²) in [4.78, 5) is 12.6. The van der Waals surface area contributed by atoms with Gasteiger partial charge in [0, 0.05) is 43.4 Å². The van der Waals surface area contributed by atoms with E-state index in [1.807, 2.05) is 6.92 Å². The van der Waals surface area contributed by atoms with E-state index in [-0.39, 0.29) is 5.92 Å². The summed E-state index contributed by atoms with van der Waals surface area (Å²) >= 11 is 0. The van der Waals surface area contributed by atoms with Crippen molar-refractivity contribution in [2.24, 2.45) is 13.0 Å². The zero-order chi connectivity index (χ0) is 16.7. The first-order valence-electron chi connectivity index (χ1n) is 9.17. The molecule has 3 nitrogen and oxygen atoms in total. The molecular weight excluding hydrogens is 296 g/mol. The Balaban J connectivity index is 1.64. The molecule has 1 aromatic heterocycles. The van der Waals surface area contributed by atoms with E-state index in [0.717, 1.165) is 12.8 Å². The van der Waals surface area contributed by atoms with Crippen LogP contribution >= 0.6 is 0 Å². The summed E-state index contributed by atoms with van der Waals surface area (Å²) in [6.07, 6.45) is 6.18. The minimum Gasteiger partial charge on any atom is -0.351 e. The molecule has 24 heavy (non-hydrogen) atoms. The number of aromatic nitrogens is 1. The maximum atomic E-state index is 12.6. The fraction of sp³-hybridized carbons (Fsp3) is 0.476. The van der Waals surface area contributed by atoms with Gasteiger partial charge in [-0.25, -0.2) is 0 Å². The Labute approximate surface area is 144 Å². The van der Waals surface area contributed by atoms with Crippen LogP contribution < -0.4 is 5.32 Å². The lowest BCUT2D eigenvalue weighted by Gasteiger charge is -2.37. The largest absolute Gasteiger partial charge is 0.351 e. The molecule has 2 aliphatic heterocycles. The third-order valence-corrected chi connectivity index (χ3v) is 5.98. The minimum absolute atomic E-state index is 0.148. The van der Waals surface area contributed by atoms with Crippen LogP contribution in [0.4, 0.5) is 0 Å². The fourth-order valence-electron chi connectivity index (χ4n) is 4.74. The number of carbonyl (C=O) groups is 1. The van der Waals surface area contributed by atoms with Crippen molar-refractivity contribution in [3.8, 4) is 11.3 Å². The Bertz CT molecular complexity index is 731. The molecule has 0 amide bonds. The van der Waals surface area contributed by atoms with Gasteiger partial charge < -0.3 is 9.88 Å². The summed E-state index contributed by atoms with van der Waals surface area (Å²) in [5.41, 5.74) is 3.80. The molecule has 2 bridgehead atoms. The Morgan fingerprint density at radius 3 is 2.67 bits per heavy atom. The van der Waals surface area contributed by atoms with Gasteiger partial charge in [0.1, 0.15) is 5.78 Å². The number of rotatable bonds is 4. The summed E-state index contributed by atoms with van der Waals surface area (Å²) in [7, 11) is 2.07. The quantitative estimate of drug-likeness (QED) is 0.926. The van der Waals surface area contributed by atoms with Crippen molar-refractivity contribution in [3.63, 3.8) is 0 Å². The van der Waals surface area contributed by atoms with Crippen molar-refractivity contribution < 1.29 is 4.79 Å². The Hall–Kier alpha value is -1.87. The number of hydrogen-bond donors (Lipinski definition) is 1. The number of nitrogens with zero attached hydrogens (tertiary/aromatic N) is 1. The van der Waals surface area contributed by atoms with Crippen LogP contribution in [0.15, 0.2) is 42.6 Å². The molecule has 0 aliphatic carbocycles. The summed E-state index contributed by atoms with van der Waals surface area (Å²) in [5.74, 6) is 0.942. The van der Waals surface area contributed by atoms with Gasteiger partial charge in [-0.3, -0.25) is 4.79 Å². The van der Waals surface area contributed by atoms with Crippen molar-refractivity contribution in [1.29, 1.82) is 0 Å². The molecule has 2 aromatic rings. The molecular formula is C21H26N2O. The Kier molecular flexibility index (Phi) is 4.05. The maximum Gasteiger partial charge on any atom is 0.137 e. The third kappa shape index (κ3) is 2.61. The Morgan fingerprint density at radius 2 is 2.00 bits per heavy atom. The van der Waals surface area contributed by atoms with E-state index in [1.165, 1.54) is 23.2 Å². The van der Waals surface area contributed by atoms with Gasteiger partial charge in [0.05, 0.1) is 0 Å². The number of benzene rings is 1. The number of aryl methyl sites for hydroxylation is 1. The summed E-state index contributed by atoms with van der Waals surface area (Å²) in [6, 6.07) is 14.1. The standard InChI is InChI=1S/C21H26N2O/c1-3-20(24)21-17(13-16-10-11-18(21)22-16)14-6-8-15(9-7-14)19-5-4-12-23(19)2/h4-9,12,16-18,21-22H,3,10-11,13H2,1-2H3. The molecule has 4 atom stereocenters. The molecule has 2 aliphatic rings. The van der Waals surface area contributed by atoms with Crippen LogP contribution in [-0.4, -0.2) is 22.4 Å². The van der Waals surface area contributed by atoms with Gasteiger partial charge in [0.2, 0.25) is 0 Å². The molecule has 2 fully saturated rings. The van der Waals surface area contributed by atoms with E-state index in [4.69, 9.17) is 0 Å². The normalized spacial score (nSPS) is 28.9. The number of hydrogen-bond acceptors (Lipinski definition) is 2. The first kappa shape index (κ1) is 15.6. The lowest BCUT2D eigenvalue weighted by Crippen LogP contribution is -2.47. The van der Waals surface area contributed by atoms with E-state index in [9.17, 15) is 4.79 Å². The average molecular weight is 322 g/mol. The van der Waals surface area contributed by atoms with Crippen molar-refractivity contribution in [1.82, 2.24) is 9.88 Å². The van der Waals surface area contributed by atoms with Crippen molar-refractivity contribution in [2.45, 2.75) is 50.6 Å². The van der Waals surface area contributed by atoms with Gasteiger partial charge in [-0.1, -0.05) is 31.2 Å². The van der Waals surface area contributed by atoms with Gasteiger partial charge in [-0.2, -0.15) is 0 Å². The van der Waals surface area contributed by atoms with Gasteiger partial charge >= 0.3 is 0 Å². The highest BCUT2D eigenvalue weighted by Gasteiger charge is 2.44. The molecule has 4 rings (SSSR count). The van der Waals surface area contributed by atoms with Crippen molar-refractivity contribution >= 4 is 5.78 Å². The van der Waals surface area contributed by atoms with Crippen molar-refractivity contribution in [3.05, 3.63) is 48.2 Å². The monoisotopic (exact) mass is 322 g/mol. The topological polar surface area (TPSA) is 34.0 Å². The molecule has 3 heterocycles. The number of Topliss-reactive ketones (excluding diaryl/α,β-unsaturated/α-hetero) is 1. The zero-order valence-corrected chi connectivity index (χ0v) is 14.5. The van der Waals surface area contributed by atoms with Crippen LogP contribution in [0.3, 0.4) is 0 Å². The number of nitrogens with one attached hydrogen (secondary N) is 1. The van der Waals surface area contributed by atoms with Crippen LogP contribution in [0.2, 0.25) is 0 Å². The second kappa shape index (κ2) is 6.21. The van der Waals surface area contributed by atoms with Crippen LogP contribution in [0.25, 0.3) is 11.3 Å². The van der Waals surface area contributed by atoms with Crippen LogP contribution in [0.5, 0.6) is 0 Å². The van der Waals surface area contributed by atoms with Crippen LogP contribution in [0, 0.1) is 5.92 Å². The maximum absolute atomic E-state index is 12.6. The predicted octanol–water partition coefficient (Wildman–Crippen LogP) is 3.90. The lowest BCUT2D eigenvalue weighted by atomic mass is 9.74. The molecule has 0 spiro atoms. The lowest BCUT2D eigenvalue weighted by molar-refractivity contribution is -0.124. The highest BCUT2D eigenvalue weighted by molar-refractivity contribution is 5.83. The molecule has 1 N–H and O–H groups in total. The number of carbonyl (C=O) groups excluding carboxylic acids is 1. The minimum atomic E-state index is 0.148. The number of ketones is 1. The second-order valence-electron chi connectivity index (χ2n) is 7.36. The van der Waals surface area contributed by atoms with Gasteiger partial charge in [0.25, 0.3) is 0 Å². The van der Waals surface area contributed by atoms with Crippen LogP contribution in [0.1, 0.15) is 44.1 Å². The first-order chi connectivity index (χ1) is 11.7. The molecule has 0 saturated carbocycles. The van der Waals surface area contributed by atoms with E-state index in [1.54, 1.807) is 0 Å². The molecule has 1 aromatic carbocycles.